The maximum Gasteiger partial charge on any atom is 0.328 e. The molecule has 1 aromatic carbocycles. The van der Waals surface area contributed by atoms with Gasteiger partial charge in [-0.2, -0.15) is 5.26 Å². The van der Waals surface area contributed by atoms with E-state index in [1.807, 2.05) is 29.5 Å². The molecule has 8 fully saturated rings. The number of fused-ring (bicyclic) bond motifs is 4. The highest BCUT2D eigenvalue weighted by Gasteiger charge is 2.59. The Balaban J connectivity index is 0.961. The zero-order chi connectivity index (χ0) is 56.4. The molecule has 4 aromatic heterocycles. The molecule has 82 heavy (non-hydrogen) atoms. The van der Waals surface area contributed by atoms with Crippen molar-refractivity contribution in [1.82, 2.24) is 50.1 Å². The van der Waals surface area contributed by atoms with Gasteiger partial charge in [0.1, 0.15) is 29.0 Å². The van der Waals surface area contributed by atoms with Gasteiger partial charge in [-0.05, 0) is 93.5 Å². The van der Waals surface area contributed by atoms with Gasteiger partial charge in [0, 0.05) is 129 Å². The summed E-state index contributed by atoms with van der Waals surface area (Å²) < 4.78 is 33.4. The molecule has 9 aliphatic rings. The lowest BCUT2D eigenvalue weighted by Crippen LogP contribution is -2.75. The first kappa shape index (κ1) is 55.2. The lowest BCUT2D eigenvalue weighted by molar-refractivity contribution is -0.180. The van der Waals surface area contributed by atoms with Crippen molar-refractivity contribution in [3.05, 3.63) is 76.4 Å². The van der Waals surface area contributed by atoms with Gasteiger partial charge in [-0.25, -0.2) is 25.2 Å². The van der Waals surface area contributed by atoms with E-state index in [9.17, 15) is 14.9 Å². The minimum atomic E-state index is -1.22. The number of morpholine rings is 1. The number of hydrogen-bond acceptors (Lipinski definition) is 18. The number of ether oxygens (including phenoxy) is 5. The maximum absolute atomic E-state index is 15.7. The summed E-state index contributed by atoms with van der Waals surface area (Å²) in [5.41, 5.74) is 9.95. The van der Waals surface area contributed by atoms with E-state index < -0.39 is 46.9 Å². The van der Waals surface area contributed by atoms with Gasteiger partial charge >= 0.3 is 5.97 Å². The molecule has 14 rings (SSSR count). The van der Waals surface area contributed by atoms with Crippen LogP contribution in [0.2, 0.25) is 0 Å². The topological polar surface area (TPSA) is 215 Å². The van der Waals surface area contributed by atoms with Crippen molar-refractivity contribution in [2.24, 2.45) is 23.2 Å². The van der Waals surface area contributed by atoms with Crippen molar-refractivity contribution < 1.29 is 38.1 Å². The van der Waals surface area contributed by atoms with Crippen molar-refractivity contribution >= 4 is 45.7 Å². The molecule has 5 saturated heterocycles. The van der Waals surface area contributed by atoms with Gasteiger partial charge in [0.05, 0.1) is 79.7 Å². The predicted molar refractivity (Wildman–Crippen MR) is 306 cm³/mol. The van der Waals surface area contributed by atoms with E-state index in [2.05, 4.69) is 86.2 Å². The van der Waals surface area contributed by atoms with Gasteiger partial charge in [-0.3, -0.25) is 29.4 Å². The normalized spacial score (nSPS) is 29.3. The summed E-state index contributed by atoms with van der Waals surface area (Å²) >= 11 is 1.40. The summed E-state index contributed by atoms with van der Waals surface area (Å²) in [6.45, 7) is 15.8. The molecule has 0 radical (unpaired) electrons. The molecule has 434 valence electrons. The fourth-order valence-corrected chi connectivity index (χ4v) is 15.1. The zero-order valence-electron chi connectivity index (χ0n) is 47.8. The third kappa shape index (κ3) is 10.6. The molecule has 1 spiro atoms. The Kier molecular flexibility index (Phi) is 15.2. The molecular weight excluding hydrogens is 1060 g/mol. The van der Waals surface area contributed by atoms with Gasteiger partial charge < -0.3 is 38.5 Å². The van der Waals surface area contributed by atoms with E-state index in [0.717, 1.165) is 89.4 Å². The fraction of sp³-hybridized carbons (Fsp3) is 0.607. The molecule has 21 heteroatoms. The summed E-state index contributed by atoms with van der Waals surface area (Å²) in [6.07, 6.45) is 10.7. The Bertz CT molecular complexity index is 3230. The van der Waals surface area contributed by atoms with Crippen LogP contribution in [0.4, 0.5) is 5.69 Å². The van der Waals surface area contributed by atoms with Crippen LogP contribution in [-0.4, -0.2) is 173 Å². The van der Waals surface area contributed by atoms with Gasteiger partial charge in [0.25, 0.3) is 5.91 Å². The Morgan fingerprint density at radius 2 is 1.84 bits per heavy atom. The zero-order valence-corrected chi connectivity index (χ0v) is 48.6. The monoisotopic (exact) mass is 1140 g/mol. The second-order valence-corrected chi connectivity index (χ2v) is 25.9. The second-order valence-electron chi connectivity index (χ2n) is 25.0. The molecule has 6 aliphatic heterocycles. The first-order chi connectivity index (χ1) is 39.8. The van der Waals surface area contributed by atoms with Gasteiger partial charge in [0.2, 0.25) is 5.91 Å². The number of rotatable bonds is 13. The molecule has 10 heterocycles. The van der Waals surface area contributed by atoms with Gasteiger partial charge in [-0.1, -0.05) is 26.8 Å². The molecule has 2 N–H and O–H groups in total. The summed E-state index contributed by atoms with van der Waals surface area (Å²) in [6, 6.07) is 10.9. The highest BCUT2D eigenvalue weighted by atomic mass is 32.1. The number of pyridine rings is 1. The number of hydrogen-bond donors (Lipinski definition) is 2. The Morgan fingerprint density at radius 1 is 1.02 bits per heavy atom. The van der Waals surface area contributed by atoms with Crippen LogP contribution < -0.4 is 15.6 Å². The van der Waals surface area contributed by atoms with Gasteiger partial charge in [0.15, 0.2) is 0 Å². The van der Waals surface area contributed by atoms with Crippen LogP contribution in [0.5, 0.6) is 0 Å². The van der Waals surface area contributed by atoms with Crippen molar-refractivity contribution in [3.63, 3.8) is 0 Å². The predicted octanol–water partition coefficient (Wildman–Crippen LogP) is 6.23. The first-order valence-electron chi connectivity index (χ1n) is 29.7. The smallest absolute Gasteiger partial charge is 0.328 e. The number of nitrogens with one attached hydrogen (secondary N) is 2. The summed E-state index contributed by atoms with van der Waals surface area (Å²) in [5, 5.41) is 19.1. The molecular formula is C61H76N12O8S. The standard InChI is InChI=1S/C61H76N12O8S/c1-36-50(47-10-13-63-35-65-47)51(36)56(74)67-53-55(71-18-22-79-32-42(71)29-62)57-66-48(33-82-57)39-6-9-49-44(24-39)46(28-60(3,4)34-81-59(76)61-26-38(27-61)31-73(68-61)58(53)75)54(72(49)19-23-80-43-11-20-78-21-12-43)45-25-41(30-64-52(45)37(2)77-5)70-16-14-69(15-17-70)40-7-8-40/h6,9-10,13,24-25,30,33,35-38,40,42-43,50-51,53,55,68H,7-8,11-12,14-23,26-28,31-32,34H2,1-5H3,(H,67,74)/t36-,37-,38?,42-,50?,51+,53-,55-,61?/m0/s1. The van der Waals surface area contributed by atoms with E-state index in [-0.39, 0.29) is 49.1 Å². The molecule has 7 atom stereocenters. The Hall–Kier alpha value is -5.96. The number of nitrogens with zero attached hydrogens (tertiary/aromatic N) is 10. The van der Waals surface area contributed by atoms with Crippen molar-refractivity contribution in [2.45, 2.75) is 127 Å². The van der Waals surface area contributed by atoms with Crippen LogP contribution in [0.15, 0.2) is 54.4 Å². The van der Waals surface area contributed by atoms with Crippen LogP contribution in [0.3, 0.4) is 0 Å². The van der Waals surface area contributed by atoms with E-state index in [1.165, 1.54) is 35.5 Å². The number of hydrazine groups is 1. The van der Waals surface area contributed by atoms with Crippen LogP contribution >= 0.6 is 11.3 Å². The first-order valence-corrected chi connectivity index (χ1v) is 30.6. The van der Waals surface area contributed by atoms with Crippen LogP contribution in [-0.2, 0) is 51.0 Å². The number of benzene rings is 1. The number of carbonyl (C=O) groups excluding carboxylic acids is 3. The van der Waals surface area contributed by atoms with Gasteiger partial charge in [-0.15, -0.1) is 11.3 Å². The van der Waals surface area contributed by atoms with E-state index in [0.29, 0.717) is 82.1 Å². The van der Waals surface area contributed by atoms with E-state index in [1.54, 1.807) is 13.3 Å². The minimum absolute atomic E-state index is 0.0182. The van der Waals surface area contributed by atoms with Crippen molar-refractivity contribution in [3.8, 4) is 28.6 Å². The molecule has 3 saturated carbocycles. The molecule has 2 amide bonds. The molecule has 20 nitrogen and oxygen atoms in total. The Labute approximate surface area is 483 Å². The van der Waals surface area contributed by atoms with Crippen molar-refractivity contribution in [2.75, 3.05) is 90.9 Å². The number of thiazole rings is 1. The van der Waals surface area contributed by atoms with Crippen LogP contribution in [0.25, 0.3) is 33.4 Å². The average molecular weight is 1140 g/mol. The fourth-order valence-electron chi connectivity index (χ4n) is 14.1. The number of carbonyl (C=O) groups is 3. The quantitative estimate of drug-likeness (QED) is 0.125. The van der Waals surface area contributed by atoms with Crippen LogP contribution in [0.1, 0.15) is 106 Å². The maximum atomic E-state index is 15.7. The third-order valence-corrected chi connectivity index (χ3v) is 19.8. The molecule has 3 aliphatic carbocycles. The number of anilines is 1. The number of cyclic esters (lactones) is 1. The lowest BCUT2D eigenvalue weighted by atomic mass is 9.66. The van der Waals surface area contributed by atoms with Crippen LogP contribution in [0, 0.1) is 34.5 Å². The SMILES string of the molecule is CO[C@@H](C)c1ncc(N2CCN(C3CC3)CC2)cc1-c1c2c3cc(ccc3n1CCOC1CCOCC1)-c1csc(n1)[C@@H](N1CCOC[C@@H]1C#N)[C@H](NC(=O)[C@H]1C(c3ccncn3)[C@@H]1C)C(=O)N1CC3CC(C3)(N1)C(=O)OCC(C)(C)C2. The number of nitriles is 1. The molecule has 1 unspecified atom stereocenters. The molecule has 5 aromatic rings. The number of methoxy groups -OCH3 is 1. The minimum Gasteiger partial charge on any atom is -0.464 e. The van der Waals surface area contributed by atoms with Crippen molar-refractivity contribution in [1.29, 1.82) is 5.26 Å². The number of aromatic nitrogens is 5. The largest absolute Gasteiger partial charge is 0.464 e. The average Bonchev–Trinajstić information content (AvgIpc) is 4.52. The number of amides is 2. The Morgan fingerprint density at radius 3 is 2.60 bits per heavy atom. The highest BCUT2D eigenvalue weighted by Crippen LogP contribution is 2.54. The molecule has 7 bridgehead atoms. The van der Waals surface area contributed by atoms with E-state index >= 15 is 4.79 Å². The van der Waals surface area contributed by atoms with E-state index in [4.69, 9.17) is 33.7 Å². The number of esters is 1. The summed E-state index contributed by atoms with van der Waals surface area (Å²) in [4.78, 5) is 71.8. The third-order valence-electron chi connectivity index (χ3n) is 18.9. The summed E-state index contributed by atoms with van der Waals surface area (Å²) in [7, 11) is 1.73. The second kappa shape index (κ2) is 22.6. The highest BCUT2D eigenvalue weighted by molar-refractivity contribution is 7.10. The number of piperazine rings is 1. The lowest BCUT2D eigenvalue weighted by Gasteiger charge is -2.55. The summed E-state index contributed by atoms with van der Waals surface area (Å²) in [5.74, 6) is -1.80.